The summed E-state index contributed by atoms with van der Waals surface area (Å²) in [7, 11) is -3.06. The molecule has 5 nitrogen and oxygen atoms in total. The first-order valence-electron chi connectivity index (χ1n) is 7.24. The lowest BCUT2D eigenvalue weighted by Gasteiger charge is -2.13. The summed E-state index contributed by atoms with van der Waals surface area (Å²) in [6.45, 7) is 3.22. The first-order valence-corrected chi connectivity index (χ1v) is 9.97. The van der Waals surface area contributed by atoms with Crippen molar-refractivity contribution in [3.8, 4) is 10.7 Å². The SMILES string of the molecule is Cc1csc(-c2cc(C[C@@H]3CCN(S(C)(=O)=O)C3)ccn2)n1. The highest BCUT2D eigenvalue weighted by Crippen LogP contribution is 2.26. The zero-order chi connectivity index (χ0) is 15.7. The smallest absolute Gasteiger partial charge is 0.211 e. The lowest BCUT2D eigenvalue weighted by atomic mass is 9.99. The van der Waals surface area contributed by atoms with E-state index in [1.165, 1.54) is 11.8 Å². The van der Waals surface area contributed by atoms with Gasteiger partial charge < -0.3 is 0 Å². The van der Waals surface area contributed by atoms with E-state index in [0.29, 0.717) is 19.0 Å². The molecule has 0 bridgehead atoms. The molecular formula is C15H19N3O2S2. The number of aryl methyl sites for hydroxylation is 1. The van der Waals surface area contributed by atoms with Gasteiger partial charge in [-0.25, -0.2) is 17.7 Å². The fourth-order valence-electron chi connectivity index (χ4n) is 2.79. The average Bonchev–Trinajstić information content (AvgIpc) is 3.08. The van der Waals surface area contributed by atoms with Crippen LogP contribution in [0.25, 0.3) is 10.7 Å². The Balaban J connectivity index is 1.72. The van der Waals surface area contributed by atoms with Gasteiger partial charge in [0.1, 0.15) is 5.01 Å². The van der Waals surface area contributed by atoms with E-state index < -0.39 is 10.0 Å². The second-order valence-electron chi connectivity index (χ2n) is 5.82. The molecule has 7 heteroatoms. The topological polar surface area (TPSA) is 63.2 Å². The second-order valence-corrected chi connectivity index (χ2v) is 8.66. The average molecular weight is 337 g/mol. The molecule has 0 spiro atoms. The van der Waals surface area contributed by atoms with Gasteiger partial charge in [0.05, 0.1) is 11.9 Å². The molecule has 1 fully saturated rings. The summed E-state index contributed by atoms with van der Waals surface area (Å²) in [4.78, 5) is 8.86. The number of thiazole rings is 1. The Morgan fingerprint density at radius 2 is 2.27 bits per heavy atom. The number of pyridine rings is 1. The number of aromatic nitrogens is 2. The molecule has 1 aliphatic rings. The third-order valence-corrected chi connectivity index (χ3v) is 6.16. The summed E-state index contributed by atoms with van der Waals surface area (Å²) < 4.78 is 24.7. The van der Waals surface area contributed by atoms with Crippen LogP contribution in [0.15, 0.2) is 23.7 Å². The molecular weight excluding hydrogens is 318 g/mol. The molecule has 0 aromatic carbocycles. The van der Waals surface area contributed by atoms with Gasteiger partial charge in [0.25, 0.3) is 0 Å². The summed E-state index contributed by atoms with van der Waals surface area (Å²) >= 11 is 1.60. The molecule has 0 N–H and O–H groups in total. The van der Waals surface area contributed by atoms with Gasteiger partial charge in [-0.1, -0.05) is 0 Å². The van der Waals surface area contributed by atoms with Crippen molar-refractivity contribution in [3.05, 3.63) is 35.0 Å². The predicted molar refractivity (Wildman–Crippen MR) is 88.3 cm³/mol. The fourth-order valence-corrected chi connectivity index (χ4v) is 4.47. The first kappa shape index (κ1) is 15.6. The maximum absolute atomic E-state index is 11.6. The first-order chi connectivity index (χ1) is 10.4. The van der Waals surface area contributed by atoms with E-state index >= 15 is 0 Å². The lowest BCUT2D eigenvalue weighted by Crippen LogP contribution is -2.27. The van der Waals surface area contributed by atoms with Crippen LogP contribution in [0, 0.1) is 12.8 Å². The molecule has 1 saturated heterocycles. The predicted octanol–water partition coefficient (Wildman–Crippen LogP) is 2.34. The third-order valence-electron chi connectivity index (χ3n) is 3.90. The summed E-state index contributed by atoms with van der Waals surface area (Å²) in [5, 5.41) is 2.95. The zero-order valence-corrected chi connectivity index (χ0v) is 14.3. The van der Waals surface area contributed by atoms with Gasteiger partial charge in [0.15, 0.2) is 0 Å². The van der Waals surface area contributed by atoms with E-state index in [4.69, 9.17) is 0 Å². The summed E-state index contributed by atoms with van der Waals surface area (Å²) in [6, 6.07) is 4.08. The monoisotopic (exact) mass is 337 g/mol. The van der Waals surface area contributed by atoms with Crippen LogP contribution in [0.4, 0.5) is 0 Å². The molecule has 118 valence electrons. The van der Waals surface area contributed by atoms with Crippen molar-refractivity contribution >= 4 is 21.4 Å². The summed E-state index contributed by atoms with van der Waals surface area (Å²) in [6.07, 6.45) is 4.89. The molecule has 1 aliphatic heterocycles. The van der Waals surface area contributed by atoms with Crippen molar-refractivity contribution in [2.24, 2.45) is 5.92 Å². The van der Waals surface area contributed by atoms with E-state index in [1.807, 2.05) is 24.6 Å². The number of sulfonamides is 1. The van der Waals surface area contributed by atoms with Crippen molar-refractivity contribution in [3.63, 3.8) is 0 Å². The number of rotatable bonds is 4. The van der Waals surface area contributed by atoms with Crippen LogP contribution in [-0.4, -0.2) is 42.0 Å². The Morgan fingerprint density at radius 1 is 1.45 bits per heavy atom. The van der Waals surface area contributed by atoms with Gasteiger partial charge in [0.2, 0.25) is 10.0 Å². The van der Waals surface area contributed by atoms with Crippen LogP contribution in [0.5, 0.6) is 0 Å². The Hall–Kier alpha value is -1.31. The van der Waals surface area contributed by atoms with Crippen LogP contribution in [-0.2, 0) is 16.4 Å². The van der Waals surface area contributed by atoms with Gasteiger partial charge in [-0.05, 0) is 43.4 Å². The molecule has 2 aromatic rings. The molecule has 1 atom stereocenters. The fraction of sp³-hybridized carbons (Fsp3) is 0.467. The van der Waals surface area contributed by atoms with Gasteiger partial charge in [-0.15, -0.1) is 11.3 Å². The minimum atomic E-state index is -3.06. The molecule has 0 aliphatic carbocycles. The highest BCUT2D eigenvalue weighted by Gasteiger charge is 2.28. The van der Waals surface area contributed by atoms with Gasteiger partial charge >= 0.3 is 0 Å². The van der Waals surface area contributed by atoms with Crippen molar-refractivity contribution in [1.82, 2.24) is 14.3 Å². The normalized spacial score (nSPS) is 19.6. The van der Waals surface area contributed by atoms with Crippen LogP contribution in [0.2, 0.25) is 0 Å². The Kier molecular flexibility index (Phi) is 4.29. The third kappa shape index (κ3) is 3.53. The molecule has 0 amide bonds. The molecule has 0 saturated carbocycles. The Bertz CT molecular complexity index is 771. The van der Waals surface area contributed by atoms with Crippen molar-refractivity contribution < 1.29 is 8.42 Å². The highest BCUT2D eigenvalue weighted by molar-refractivity contribution is 7.88. The maximum atomic E-state index is 11.6. The minimum absolute atomic E-state index is 0.378. The summed E-state index contributed by atoms with van der Waals surface area (Å²) in [5.74, 6) is 0.378. The van der Waals surface area contributed by atoms with E-state index in [1.54, 1.807) is 15.6 Å². The Labute approximate surface area is 135 Å². The van der Waals surface area contributed by atoms with E-state index in [0.717, 1.165) is 29.2 Å². The largest absolute Gasteiger partial charge is 0.254 e. The lowest BCUT2D eigenvalue weighted by molar-refractivity contribution is 0.460. The van der Waals surface area contributed by atoms with Crippen LogP contribution in [0.1, 0.15) is 17.7 Å². The van der Waals surface area contributed by atoms with Crippen LogP contribution >= 0.6 is 11.3 Å². The number of nitrogens with zero attached hydrogens (tertiary/aromatic N) is 3. The molecule has 3 heterocycles. The van der Waals surface area contributed by atoms with Gasteiger partial charge in [-0.2, -0.15) is 0 Å². The number of hydrogen-bond acceptors (Lipinski definition) is 5. The van der Waals surface area contributed by atoms with E-state index in [-0.39, 0.29) is 0 Å². The second kappa shape index (κ2) is 6.06. The molecule has 3 rings (SSSR count). The van der Waals surface area contributed by atoms with Crippen molar-refractivity contribution in [2.75, 3.05) is 19.3 Å². The quantitative estimate of drug-likeness (QED) is 0.859. The maximum Gasteiger partial charge on any atom is 0.211 e. The van der Waals surface area contributed by atoms with Crippen molar-refractivity contribution in [2.45, 2.75) is 19.8 Å². The van der Waals surface area contributed by atoms with Crippen LogP contribution in [0.3, 0.4) is 0 Å². The summed E-state index contributed by atoms with van der Waals surface area (Å²) in [5.41, 5.74) is 3.10. The number of hydrogen-bond donors (Lipinski definition) is 0. The van der Waals surface area contributed by atoms with E-state index in [2.05, 4.69) is 16.0 Å². The van der Waals surface area contributed by atoms with Gasteiger partial charge in [0, 0.05) is 30.4 Å². The van der Waals surface area contributed by atoms with Crippen molar-refractivity contribution in [1.29, 1.82) is 0 Å². The highest BCUT2D eigenvalue weighted by atomic mass is 32.2. The molecule has 0 radical (unpaired) electrons. The minimum Gasteiger partial charge on any atom is -0.254 e. The van der Waals surface area contributed by atoms with Gasteiger partial charge in [-0.3, -0.25) is 4.98 Å². The molecule has 22 heavy (non-hydrogen) atoms. The Morgan fingerprint density at radius 3 is 2.91 bits per heavy atom. The van der Waals surface area contributed by atoms with Crippen LogP contribution < -0.4 is 0 Å². The molecule has 0 unspecified atom stereocenters. The van der Waals surface area contributed by atoms with E-state index in [9.17, 15) is 8.42 Å². The standard InChI is InChI=1S/C15H19N3O2S2/c1-11-10-21-15(17-11)14-8-12(3-5-16-14)7-13-4-6-18(9-13)22(2,19)20/h3,5,8,10,13H,4,6-7,9H2,1-2H3/t13-/m0/s1. The zero-order valence-electron chi connectivity index (χ0n) is 12.7. The molecule has 2 aromatic heterocycles.